The van der Waals surface area contributed by atoms with E-state index in [1.807, 2.05) is 23.1 Å². The molecule has 32 heavy (non-hydrogen) atoms. The number of carbonyl (C=O) groups excluding carboxylic acids is 2. The number of halogens is 2. The molecule has 0 radical (unpaired) electrons. The molecule has 1 N–H and O–H groups in total. The Morgan fingerprint density at radius 1 is 1.25 bits per heavy atom. The number of carbonyl (C=O) groups is 2. The summed E-state index contributed by atoms with van der Waals surface area (Å²) in [4.78, 5) is 27.5. The average molecular weight is 459 g/mol. The summed E-state index contributed by atoms with van der Waals surface area (Å²) in [6.07, 6.45) is 1.16. The van der Waals surface area contributed by atoms with E-state index in [0.29, 0.717) is 5.39 Å². The predicted molar refractivity (Wildman–Crippen MR) is 120 cm³/mol. The summed E-state index contributed by atoms with van der Waals surface area (Å²) >= 11 is 6.32. The highest BCUT2D eigenvalue weighted by Crippen LogP contribution is 2.28. The van der Waals surface area contributed by atoms with Gasteiger partial charge in [0.2, 0.25) is 0 Å². The Hall–Kier alpha value is -2.81. The Morgan fingerprint density at radius 3 is 2.69 bits per heavy atom. The first-order chi connectivity index (χ1) is 15.4. The van der Waals surface area contributed by atoms with E-state index in [-0.39, 0.29) is 34.2 Å². The van der Waals surface area contributed by atoms with Crippen LogP contribution in [0, 0.1) is 5.82 Å². The van der Waals surface area contributed by atoms with Crippen molar-refractivity contribution in [3.63, 3.8) is 0 Å². The molecule has 168 valence electrons. The molecule has 7 nitrogen and oxygen atoms in total. The van der Waals surface area contributed by atoms with Crippen LogP contribution >= 0.6 is 11.6 Å². The number of nitrogens with zero attached hydrogens (tertiary/aromatic N) is 3. The molecule has 0 saturated carbocycles. The van der Waals surface area contributed by atoms with Gasteiger partial charge in [0.15, 0.2) is 17.7 Å². The number of hydrogen-bond donors (Lipinski definition) is 1. The van der Waals surface area contributed by atoms with Crippen LogP contribution in [0.3, 0.4) is 0 Å². The Labute approximate surface area is 190 Å². The third-order valence-electron chi connectivity index (χ3n) is 5.69. The van der Waals surface area contributed by atoms with Crippen molar-refractivity contribution in [2.75, 3.05) is 25.5 Å². The Morgan fingerprint density at radius 2 is 1.97 bits per heavy atom. The number of anilines is 1. The number of aryl methyl sites for hydroxylation is 1. The molecule has 0 aliphatic carbocycles. The number of methoxy groups -OCH3 is 1. The molecular formula is C23H24ClFN4O3. The van der Waals surface area contributed by atoms with Crippen LogP contribution < -0.4 is 5.32 Å². The van der Waals surface area contributed by atoms with Gasteiger partial charge in [-0.15, -0.1) is 0 Å². The van der Waals surface area contributed by atoms with E-state index in [9.17, 15) is 14.0 Å². The summed E-state index contributed by atoms with van der Waals surface area (Å²) in [6.45, 7) is 1.56. The lowest BCUT2D eigenvalue weighted by Gasteiger charge is -2.24. The SMILES string of the molecule is CO[C@@H](C(=O)Cc1cc(Cl)c(NC(=O)c2nn(C)c3ccccc23)cc1F)N1CCCC1. The minimum absolute atomic E-state index is 0.114. The molecule has 0 spiro atoms. The fraction of sp³-hybridized carbons (Fsp3) is 0.348. The second kappa shape index (κ2) is 9.36. The zero-order valence-corrected chi connectivity index (χ0v) is 18.7. The van der Waals surface area contributed by atoms with Crippen LogP contribution in [-0.4, -0.2) is 52.8 Å². The molecule has 1 aliphatic rings. The van der Waals surface area contributed by atoms with Crippen LogP contribution in [0.1, 0.15) is 28.9 Å². The summed E-state index contributed by atoms with van der Waals surface area (Å²) in [5.74, 6) is -1.36. The highest BCUT2D eigenvalue weighted by atomic mass is 35.5. The summed E-state index contributed by atoms with van der Waals surface area (Å²) in [6, 6.07) is 9.82. The van der Waals surface area contributed by atoms with E-state index in [2.05, 4.69) is 10.4 Å². The molecule has 2 heterocycles. The van der Waals surface area contributed by atoms with E-state index in [0.717, 1.165) is 37.5 Å². The number of hydrogen-bond acceptors (Lipinski definition) is 5. The monoisotopic (exact) mass is 458 g/mol. The molecule has 1 aromatic heterocycles. The van der Waals surface area contributed by atoms with E-state index in [4.69, 9.17) is 16.3 Å². The summed E-state index contributed by atoms with van der Waals surface area (Å²) < 4.78 is 21.8. The van der Waals surface area contributed by atoms with E-state index in [1.165, 1.54) is 13.2 Å². The van der Waals surface area contributed by atoms with E-state index >= 15 is 0 Å². The minimum atomic E-state index is -0.701. The second-order valence-corrected chi connectivity index (χ2v) is 8.25. The number of ether oxygens (including phenoxy) is 1. The fourth-order valence-electron chi connectivity index (χ4n) is 4.12. The van der Waals surface area contributed by atoms with Gasteiger partial charge in [-0.25, -0.2) is 4.39 Å². The number of fused-ring (bicyclic) bond motifs is 1. The van der Waals surface area contributed by atoms with Gasteiger partial charge in [-0.3, -0.25) is 19.2 Å². The van der Waals surface area contributed by atoms with Crippen molar-refractivity contribution in [1.82, 2.24) is 14.7 Å². The topological polar surface area (TPSA) is 76.5 Å². The first kappa shape index (κ1) is 22.4. The van der Waals surface area contributed by atoms with E-state index < -0.39 is 18.0 Å². The van der Waals surface area contributed by atoms with Gasteiger partial charge in [0.25, 0.3) is 5.91 Å². The van der Waals surface area contributed by atoms with Gasteiger partial charge in [-0.2, -0.15) is 5.10 Å². The molecule has 4 rings (SSSR count). The van der Waals surface area contributed by atoms with Crippen LogP contribution in [-0.2, 0) is 23.0 Å². The number of ketones is 1. The predicted octanol–water partition coefficient (Wildman–Crippen LogP) is 3.80. The normalized spacial score (nSPS) is 15.2. The lowest BCUT2D eigenvalue weighted by Crippen LogP contribution is -2.41. The van der Waals surface area contributed by atoms with Gasteiger partial charge >= 0.3 is 0 Å². The van der Waals surface area contributed by atoms with Gasteiger partial charge in [-0.05, 0) is 36.6 Å². The zero-order valence-electron chi connectivity index (χ0n) is 17.9. The first-order valence-electron chi connectivity index (χ1n) is 10.4. The fourth-order valence-corrected chi connectivity index (χ4v) is 4.35. The maximum absolute atomic E-state index is 14.8. The zero-order chi connectivity index (χ0) is 22.8. The number of likely N-dealkylation sites (tertiary alicyclic amines) is 1. The van der Waals surface area contributed by atoms with Gasteiger partial charge in [0, 0.05) is 39.1 Å². The first-order valence-corrected chi connectivity index (χ1v) is 10.8. The molecule has 1 fully saturated rings. The number of amides is 1. The highest BCUT2D eigenvalue weighted by molar-refractivity contribution is 6.34. The molecule has 2 aromatic carbocycles. The van der Waals surface area contributed by atoms with Crippen LogP contribution in [0.5, 0.6) is 0 Å². The van der Waals surface area contributed by atoms with Crippen LogP contribution in [0.25, 0.3) is 10.9 Å². The van der Waals surface area contributed by atoms with Crippen molar-refractivity contribution in [2.24, 2.45) is 7.05 Å². The van der Waals surface area contributed by atoms with Crippen molar-refractivity contribution in [3.8, 4) is 0 Å². The second-order valence-electron chi connectivity index (χ2n) is 7.84. The van der Waals surface area contributed by atoms with Crippen molar-refractivity contribution in [1.29, 1.82) is 0 Å². The largest absolute Gasteiger partial charge is 0.359 e. The number of Topliss-reactive ketones (excluding diaryl/α,β-unsaturated/α-hetero) is 1. The van der Waals surface area contributed by atoms with Gasteiger partial charge in [0.1, 0.15) is 5.82 Å². The maximum Gasteiger partial charge on any atom is 0.276 e. The molecule has 1 aliphatic heterocycles. The number of nitrogens with one attached hydrogen (secondary N) is 1. The highest BCUT2D eigenvalue weighted by Gasteiger charge is 2.28. The standard InChI is InChI=1S/C23H24ClFN4O3/c1-28-19-8-4-3-7-15(19)21(27-28)22(31)26-18-13-17(25)14(11-16(18)24)12-20(30)23(32-2)29-9-5-6-10-29/h3-4,7-8,11,13,23H,5-6,9-10,12H2,1-2H3,(H,26,31)/t23-/m0/s1. The number of benzene rings is 2. The lowest BCUT2D eigenvalue weighted by atomic mass is 10.1. The van der Waals surface area contributed by atoms with Gasteiger partial charge < -0.3 is 10.1 Å². The van der Waals surface area contributed by atoms with Gasteiger partial charge in [-0.1, -0.05) is 29.8 Å². The number of aromatic nitrogens is 2. The Kier molecular flexibility index (Phi) is 6.55. The molecule has 9 heteroatoms. The molecule has 0 unspecified atom stereocenters. The smallest absolute Gasteiger partial charge is 0.276 e. The number of rotatable bonds is 7. The van der Waals surface area contributed by atoms with Crippen LogP contribution in [0.4, 0.5) is 10.1 Å². The molecular weight excluding hydrogens is 435 g/mol. The molecule has 3 aromatic rings. The van der Waals surface area contributed by atoms with Crippen molar-refractivity contribution in [2.45, 2.75) is 25.5 Å². The average Bonchev–Trinajstić information content (AvgIpc) is 3.41. The maximum atomic E-state index is 14.8. The third kappa shape index (κ3) is 4.39. The third-order valence-corrected chi connectivity index (χ3v) is 6.01. The van der Waals surface area contributed by atoms with Crippen molar-refractivity contribution < 1.29 is 18.7 Å². The molecule has 1 saturated heterocycles. The minimum Gasteiger partial charge on any atom is -0.359 e. The summed E-state index contributed by atoms with van der Waals surface area (Å²) in [7, 11) is 3.22. The van der Waals surface area contributed by atoms with Crippen molar-refractivity contribution in [3.05, 3.63) is 58.5 Å². The summed E-state index contributed by atoms with van der Waals surface area (Å²) in [5, 5.41) is 7.71. The summed E-state index contributed by atoms with van der Waals surface area (Å²) in [5.41, 5.74) is 1.28. The molecule has 0 bridgehead atoms. The molecule has 1 amide bonds. The quantitative estimate of drug-likeness (QED) is 0.582. The van der Waals surface area contributed by atoms with Crippen LogP contribution in [0.15, 0.2) is 36.4 Å². The molecule has 1 atom stereocenters. The van der Waals surface area contributed by atoms with Crippen molar-refractivity contribution >= 4 is 39.9 Å². The van der Waals surface area contributed by atoms with Gasteiger partial charge in [0.05, 0.1) is 16.2 Å². The Bertz CT molecular complexity index is 1170. The number of para-hydroxylation sites is 1. The van der Waals surface area contributed by atoms with E-state index in [1.54, 1.807) is 17.8 Å². The van der Waals surface area contributed by atoms with Crippen LogP contribution in [0.2, 0.25) is 5.02 Å². The lowest BCUT2D eigenvalue weighted by molar-refractivity contribution is -0.138. The Balaban J connectivity index is 1.52.